The van der Waals surface area contributed by atoms with Gasteiger partial charge in [-0.1, -0.05) is 24.3 Å². The number of benzene rings is 2. The van der Waals surface area contributed by atoms with Crippen molar-refractivity contribution in [2.75, 3.05) is 31.1 Å². The summed E-state index contributed by atoms with van der Waals surface area (Å²) in [5.74, 6) is -0.388. The minimum absolute atomic E-state index is 0.142. The predicted molar refractivity (Wildman–Crippen MR) is 102 cm³/mol. The van der Waals surface area contributed by atoms with E-state index in [1.165, 1.54) is 19.2 Å². The molecule has 0 unspecified atom stereocenters. The van der Waals surface area contributed by atoms with Crippen LogP contribution in [0, 0.1) is 13.8 Å². The molecular formula is C19H24N2O4S. The standard InChI is InChI=1S/C19H24N2O4S/c1-15-11-16(2)13-17(12-15)21(14-19(22)20-9-10-25-3)26(23,24)18-7-5-4-6-8-18/h4-8,11-13H,9-10,14H2,1-3H3,(H,20,22). The lowest BCUT2D eigenvalue weighted by molar-refractivity contribution is -0.119. The number of methoxy groups -OCH3 is 1. The minimum Gasteiger partial charge on any atom is -0.383 e. The number of nitrogens with zero attached hydrogens (tertiary/aromatic N) is 1. The molecule has 2 rings (SSSR count). The SMILES string of the molecule is COCCNC(=O)CN(c1cc(C)cc(C)c1)S(=O)(=O)c1ccccc1. The first-order chi connectivity index (χ1) is 12.3. The summed E-state index contributed by atoms with van der Waals surface area (Å²) in [7, 11) is -2.34. The van der Waals surface area contributed by atoms with Crippen LogP contribution >= 0.6 is 0 Å². The van der Waals surface area contributed by atoms with Crippen molar-refractivity contribution in [2.24, 2.45) is 0 Å². The second-order valence-corrected chi connectivity index (χ2v) is 7.88. The number of aryl methyl sites for hydroxylation is 2. The summed E-state index contributed by atoms with van der Waals surface area (Å²) in [5, 5.41) is 2.67. The van der Waals surface area contributed by atoms with Crippen molar-refractivity contribution >= 4 is 21.6 Å². The third kappa shape index (κ3) is 5.06. The number of carbonyl (C=O) groups is 1. The Morgan fingerprint density at radius 1 is 1.08 bits per heavy atom. The van der Waals surface area contributed by atoms with Gasteiger partial charge in [0.15, 0.2) is 0 Å². The van der Waals surface area contributed by atoms with Crippen molar-refractivity contribution in [2.45, 2.75) is 18.7 Å². The van der Waals surface area contributed by atoms with Crippen LogP contribution in [0.3, 0.4) is 0 Å². The lowest BCUT2D eigenvalue weighted by Crippen LogP contribution is -2.41. The maximum atomic E-state index is 13.1. The summed E-state index contributed by atoms with van der Waals surface area (Å²) in [6.07, 6.45) is 0. The van der Waals surface area contributed by atoms with E-state index >= 15 is 0 Å². The van der Waals surface area contributed by atoms with E-state index in [-0.39, 0.29) is 17.3 Å². The third-order valence-electron chi connectivity index (χ3n) is 3.74. The van der Waals surface area contributed by atoms with Crippen molar-refractivity contribution in [1.82, 2.24) is 5.32 Å². The molecule has 0 saturated carbocycles. The molecule has 0 heterocycles. The highest BCUT2D eigenvalue weighted by molar-refractivity contribution is 7.92. The Balaban J connectivity index is 2.40. The fraction of sp³-hybridized carbons (Fsp3) is 0.316. The molecule has 0 aliphatic carbocycles. The number of sulfonamides is 1. The van der Waals surface area contributed by atoms with Crippen LogP contribution in [0.15, 0.2) is 53.4 Å². The van der Waals surface area contributed by atoms with Gasteiger partial charge < -0.3 is 10.1 Å². The molecule has 0 aromatic heterocycles. The van der Waals surface area contributed by atoms with Gasteiger partial charge in [-0.25, -0.2) is 8.42 Å². The average molecular weight is 376 g/mol. The molecule has 0 fully saturated rings. The van der Waals surface area contributed by atoms with Crippen LogP contribution in [-0.4, -0.2) is 41.1 Å². The minimum atomic E-state index is -3.87. The Morgan fingerprint density at radius 3 is 2.27 bits per heavy atom. The Morgan fingerprint density at radius 2 is 1.69 bits per heavy atom. The van der Waals surface area contributed by atoms with E-state index in [2.05, 4.69) is 5.32 Å². The highest BCUT2D eigenvalue weighted by atomic mass is 32.2. The van der Waals surface area contributed by atoms with Gasteiger partial charge in [0.2, 0.25) is 5.91 Å². The second kappa shape index (κ2) is 8.82. The largest absolute Gasteiger partial charge is 0.383 e. The molecule has 0 aliphatic heterocycles. The zero-order chi connectivity index (χ0) is 19.2. The van der Waals surface area contributed by atoms with Crippen LogP contribution in [0.2, 0.25) is 0 Å². The van der Waals surface area contributed by atoms with Gasteiger partial charge in [0.25, 0.3) is 10.0 Å². The smallest absolute Gasteiger partial charge is 0.264 e. The summed E-state index contributed by atoms with van der Waals surface area (Å²) in [6, 6.07) is 13.6. The van der Waals surface area contributed by atoms with Crippen LogP contribution in [0.25, 0.3) is 0 Å². The van der Waals surface area contributed by atoms with E-state index in [0.717, 1.165) is 15.4 Å². The quantitative estimate of drug-likeness (QED) is 0.717. The second-order valence-electron chi connectivity index (χ2n) is 6.01. The fourth-order valence-corrected chi connectivity index (χ4v) is 4.03. The molecule has 0 atom stereocenters. The van der Waals surface area contributed by atoms with E-state index in [0.29, 0.717) is 18.8 Å². The van der Waals surface area contributed by atoms with Gasteiger partial charge >= 0.3 is 0 Å². The number of hydrogen-bond donors (Lipinski definition) is 1. The Hall–Kier alpha value is -2.38. The van der Waals surface area contributed by atoms with Gasteiger partial charge in [-0.2, -0.15) is 0 Å². The molecule has 2 aromatic rings. The summed E-state index contributed by atoms with van der Waals surface area (Å²) in [4.78, 5) is 12.4. The number of carbonyl (C=O) groups excluding carboxylic acids is 1. The first-order valence-corrected chi connectivity index (χ1v) is 9.70. The normalized spacial score (nSPS) is 11.2. The molecule has 26 heavy (non-hydrogen) atoms. The molecule has 1 amide bonds. The number of amides is 1. The van der Waals surface area contributed by atoms with Crippen molar-refractivity contribution < 1.29 is 17.9 Å². The van der Waals surface area contributed by atoms with Crippen LogP contribution in [0.4, 0.5) is 5.69 Å². The first kappa shape index (κ1) is 19.9. The van der Waals surface area contributed by atoms with Crippen molar-refractivity contribution in [3.05, 3.63) is 59.7 Å². The molecule has 6 nitrogen and oxygen atoms in total. The third-order valence-corrected chi connectivity index (χ3v) is 5.53. The Kier molecular flexibility index (Phi) is 6.76. The molecule has 1 N–H and O–H groups in total. The van der Waals surface area contributed by atoms with Crippen molar-refractivity contribution in [3.63, 3.8) is 0 Å². The maximum Gasteiger partial charge on any atom is 0.264 e. The van der Waals surface area contributed by atoms with E-state index in [9.17, 15) is 13.2 Å². The first-order valence-electron chi connectivity index (χ1n) is 8.26. The van der Waals surface area contributed by atoms with Gasteiger partial charge in [-0.15, -0.1) is 0 Å². The van der Waals surface area contributed by atoms with Crippen LogP contribution in [0.1, 0.15) is 11.1 Å². The zero-order valence-electron chi connectivity index (χ0n) is 15.2. The lowest BCUT2D eigenvalue weighted by Gasteiger charge is -2.25. The van der Waals surface area contributed by atoms with E-state index in [1.807, 2.05) is 19.9 Å². The monoisotopic (exact) mass is 376 g/mol. The fourth-order valence-electron chi connectivity index (χ4n) is 2.61. The lowest BCUT2D eigenvalue weighted by atomic mass is 10.1. The molecule has 0 bridgehead atoms. The van der Waals surface area contributed by atoms with Gasteiger partial charge in [0.1, 0.15) is 6.54 Å². The molecule has 0 spiro atoms. The maximum absolute atomic E-state index is 13.1. The highest BCUT2D eigenvalue weighted by Gasteiger charge is 2.27. The van der Waals surface area contributed by atoms with E-state index < -0.39 is 10.0 Å². The topological polar surface area (TPSA) is 75.7 Å². The molecule has 7 heteroatoms. The summed E-state index contributed by atoms with van der Waals surface area (Å²) in [6.45, 7) is 4.16. The summed E-state index contributed by atoms with van der Waals surface area (Å²) in [5.41, 5.74) is 2.31. The van der Waals surface area contributed by atoms with Crippen LogP contribution in [-0.2, 0) is 19.6 Å². The summed E-state index contributed by atoms with van der Waals surface area (Å²) < 4.78 is 32.3. The van der Waals surface area contributed by atoms with Gasteiger partial charge in [0.05, 0.1) is 17.2 Å². The Labute approximate surface area is 154 Å². The zero-order valence-corrected chi connectivity index (χ0v) is 16.0. The van der Waals surface area contributed by atoms with Crippen molar-refractivity contribution in [3.8, 4) is 0 Å². The summed E-state index contributed by atoms with van der Waals surface area (Å²) >= 11 is 0. The van der Waals surface area contributed by atoms with E-state index in [1.54, 1.807) is 30.3 Å². The number of anilines is 1. The van der Waals surface area contributed by atoms with Crippen molar-refractivity contribution in [1.29, 1.82) is 0 Å². The van der Waals surface area contributed by atoms with Gasteiger partial charge in [-0.3, -0.25) is 9.10 Å². The van der Waals surface area contributed by atoms with E-state index in [4.69, 9.17) is 4.74 Å². The predicted octanol–water partition coefficient (Wildman–Crippen LogP) is 2.26. The molecule has 2 aromatic carbocycles. The van der Waals surface area contributed by atoms with Crippen LogP contribution in [0.5, 0.6) is 0 Å². The molecule has 0 aliphatic rings. The number of rotatable bonds is 8. The highest BCUT2D eigenvalue weighted by Crippen LogP contribution is 2.25. The average Bonchev–Trinajstić information content (AvgIpc) is 2.59. The Bertz CT molecular complexity index is 831. The van der Waals surface area contributed by atoms with Gasteiger partial charge in [-0.05, 0) is 49.2 Å². The molecule has 140 valence electrons. The molecule has 0 saturated heterocycles. The molecular weight excluding hydrogens is 352 g/mol. The molecule has 0 radical (unpaired) electrons. The number of hydrogen-bond acceptors (Lipinski definition) is 4. The number of nitrogens with one attached hydrogen (secondary N) is 1. The number of ether oxygens (including phenoxy) is 1. The van der Waals surface area contributed by atoms with Crippen LogP contribution < -0.4 is 9.62 Å². The van der Waals surface area contributed by atoms with Gasteiger partial charge in [0, 0.05) is 13.7 Å².